The van der Waals surface area contributed by atoms with Gasteiger partial charge in [-0.1, -0.05) is 158 Å². The summed E-state index contributed by atoms with van der Waals surface area (Å²) in [5, 5.41) is 3.56. The number of benzene rings is 7. The molecule has 1 aliphatic rings. The standard InChI is InChI=1S/C44H29N/c1-3-17-34(18-4-1)44(35-19-5-2-6-20-35)39-24-8-7-21-38(39)42-37(23-11-25-40(42)44)33-15-9-14-32(29-33)36-22-10-13-30-26-27-31-16-12-28-45-43(31)41(30)36/h1-29H. The van der Waals surface area contributed by atoms with Gasteiger partial charge in [0.25, 0.3) is 0 Å². The monoisotopic (exact) mass is 571 g/mol. The van der Waals surface area contributed by atoms with E-state index in [-0.39, 0.29) is 0 Å². The smallest absolute Gasteiger partial charge is 0.0786 e. The van der Waals surface area contributed by atoms with Crippen LogP contribution in [0.2, 0.25) is 0 Å². The van der Waals surface area contributed by atoms with E-state index in [1.807, 2.05) is 12.3 Å². The van der Waals surface area contributed by atoms with E-state index in [1.165, 1.54) is 66.4 Å². The fraction of sp³-hybridized carbons (Fsp3) is 0.0227. The van der Waals surface area contributed by atoms with Gasteiger partial charge in [-0.05, 0) is 73.2 Å². The molecular formula is C44H29N. The topological polar surface area (TPSA) is 12.9 Å². The molecule has 0 amide bonds. The Morgan fingerprint density at radius 1 is 0.400 bits per heavy atom. The van der Waals surface area contributed by atoms with E-state index in [0.717, 1.165) is 10.9 Å². The van der Waals surface area contributed by atoms with Gasteiger partial charge in [0.05, 0.1) is 10.9 Å². The Morgan fingerprint density at radius 3 is 1.78 bits per heavy atom. The maximum absolute atomic E-state index is 4.82. The highest BCUT2D eigenvalue weighted by Gasteiger charge is 2.46. The molecular weight excluding hydrogens is 542 g/mol. The number of rotatable bonds is 4. The molecule has 0 radical (unpaired) electrons. The van der Waals surface area contributed by atoms with Crippen molar-refractivity contribution in [2.45, 2.75) is 5.41 Å². The highest BCUT2D eigenvalue weighted by molar-refractivity contribution is 6.12. The fourth-order valence-corrected chi connectivity index (χ4v) is 7.74. The van der Waals surface area contributed by atoms with Crippen LogP contribution in [0, 0.1) is 0 Å². The summed E-state index contributed by atoms with van der Waals surface area (Å²) in [6, 6.07) is 62.0. The van der Waals surface area contributed by atoms with Gasteiger partial charge in [0, 0.05) is 17.0 Å². The lowest BCUT2D eigenvalue weighted by atomic mass is 9.67. The normalized spacial score (nSPS) is 13.1. The molecule has 0 N–H and O–H groups in total. The van der Waals surface area contributed by atoms with Gasteiger partial charge in [-0.15, -0.1) is 0 Å². The number of aromatic nitrogens is 1. The van der Waals surface area contributed by atoms with Crippen molar-refractivity contribution in [2.24, 2.45) is 0 Å². The van der Waals surface area contributed by atoms with Crippen molar-refractivity contribution < 1.29 is 0 Å². The average Bonchev–Trinajstić information content (AvgIpc) is 3.43. The zero-order chi connectivity index (χ0) is 29.8. The molecule has 0 saturated heterocycles. The molecule has 0 unspecified atom stereocenters. The summed E-state index contributed by atoms with van der Waals surface area (Å²) in [7, 11) is 0. The summed E-state index contributed by atoms with van der Waals surface area (Å²) in [6.07, 6.45) is 1.89. The van der Waals surface area contributed by atoms with Crippen molar-refractivity contribution in [3.8, 4) is 33.4 Å². The number of nitrogens with zero attached hydrogens (tertiary/aromatic N) is 1. The molecule has 1 heterocycles. The second kappa shape index (κ2) is 10.1. The molecule has 8 aromatic rings. The first-order valence-electron chi connectivity index (χ1n) is 15.6. The van der Waals surface area contributed by atoms with Crippen LogP contribution >= 0.6 is 0 Å². The van der Waals surface area contributed by atoms with Crippen molar-refractivity contribution in [3.63, 3.8) is 0 Å². The lowest BCUT2D eigenvalue weighted by molar-refractivity contribution is 0.768. The van der Waals surface area contributed by atoms with Crippen molar-refractivity contribution >= 4 is 21.7 Å². The summed E-state index contributed by atoms with van der Waals surface area (Å²) in [5.41, 5.74) is 13.3. The summed E-state index contributed by atoms with van der Waals surface area (Å²) in [5.74, 6) is 0. The van der Waals surface area contributed by atoms with Gasteiger partial charge in [0.2, 0.25) is 0 Å². The van der Waals surface area contributed by atoms with Crippen LogP contribution in [0.3, 0.4) is 0 Å². The van der Waals surface area contributed by atoms with Gasteiger partial charge in [0.15, 0.2) is 0 Å². The van der Waals surface area contributed by atoms with Crippen molar-refractivity contribution in [1.29, 1.82) is 0 Å². The number of hydrogen-bond acceptors (Lipinski definition) is 1. The lowest BCUT2D eigenvalue weighted by Crippen LogP contribution is -2.28. The average molecular weight is 572 g/mol. The SMILES string of the molecule is c1ccc(C2(c3ccccc3)c3ccccc3-c3c(-c4cccc(-c5cccc6ccc7cccnc7c56)c4)cccc32)cc1. The predicted molar refractivity (Wildman–Crippen MR) is 187 cm³/mol. The minimum absolute atomic E-state index is 0.414. The quantitative estimate of drug-likeness (QED) is 0.192. The second-order valence-corrected chi connectivity index (χ2v) is 11.9. The van der Waals surface area contributed by atoms with Gasteiger partial charge < -0.3 is 0 Å². The highest BCUT2D eigenvalue weighted by Crippen LogP contribution is 2.58. The molecule has 1 heteroatoms. The molecule has 45 heavy (non-hydrogen) atoms. The molecule has 0 fully saturated rings. The predicted octanol–water partition coefficient (Wildman–Crippen LogP) is 11.1. The van der Waals surface area contributed by atoms with Crippen LogP contribution in [-0.2, 0) is 5.41 Å². The maximum atomic E-state index is 4.82. The van der Waals surface area contributed by atoms with E-state index in [9.17, 15) is 0 Å². The second-order valence-electron chi connectivity index (χ2n) is 11.9. The summed E-state index contributed by atoms with van der Waals surface area (Å²) >= 11 is 0. The number of hydrogen-bond donors (Lipinski definition) is 0. The van der Waals surface area contributed by atoms with Crippen LogP contribution in [0.25, 0.3) is 55.1 Å². The Bertz CT molecular complexity index is 2330. The molecule has 1 aliphatic carbocycles. The summed E-state index contributed by atoms with van der Waals surface area (Å²) < 4.78 is 0. The molecule has 7 aromatic carbocycles. The maximum Gasteiger partial charge on any atom is 0.0786 e. The van der Waals surface area contributed by atoms with Gasteiger partial charge in [0.1, 0.15) is 0 Å². The third-order valence-electron chi connectivity index (χ3n) is 9.58. The highest BCUT2D eigenvalue weighted by atomic mass is 14.6. The first-order chi connectivity index (χ1) is 22.3. The van der Waals surface area contributed by atoms with Crippen molar-refractivity contribution in [2.75, 3.05) is 0 Å². The largest absolute Gasteiger partial charge is 0.256 e. The Hall–Kier alpha value is -5.79. The van der Waals surface area contributed by atoms with Crippen LogP contribution in [0.1, 0.15) is 22.3 Å². The Kier molecular flexibility index (Phi) is 5.79. The molecule has 9 rings (SSSR count). The van der Waals surface area contributed by atoms with Crippen LogP contribution in [-0.4, -0.2) is 4.98 Å². The first kappa shape index (κ1) is 25.7. The Morgan fingerprint density at radius 2 is 0.978 bits per heavy atom. The van der Waals surface area contributed by atoms with E-state index in [1.54, 1.807) is 0 Å². The Balaban J connectivity index is 1.31. The van der Waals surface area contributed by atoms with Crippen LogP contribution in [0.5, 0.6) is 0 Å². The van der Waals surface area contributed by atoms with E-state index in [4.69, 9.17) is 4.98 Å². The zero-order valence-corrected chi connectivity index (χ0v) is 24.7. The molecule has 1 aromatic heterocycles. The molecule has 0 aliphatic heterocycles. The van der Waals surface area contributed by atoms with Crippen LogP contribution in [0.4, 0.5) is 0 Å². The molecule has 0 atom stereocenters. The van der Waals surface area contributed by atoms with Gasteiger partial charge >= 0.3 is 0 Å². The zero-order valence-electron chi connectivity index (χ0n) is 24.7. The van der Waals surface area contributed by atoms with Crippen LogP contribution in [0.15, 0.2) is 176 Å². The van der Waals surface area contributed by atoms with Gasteiger partial charge in [-0.2, -0.15) is 0 Å². The van der Waals surface area contributed by atoms with Gasteiger partial charge in [-0.25, -0.2) is 0 Å². The van der Waals surface area contributed by atoms with E-state index in [0.29, 0.717) is 0 Å². The third kappa shape index (κ3) is 3.77. The van der Waals surface area contributed by atoms with Crippen LogP contribution < -0.4 is 0 Å². The van der Waals surface area contributed by atoms with Crippen molar-refractivity contribution in [3.05, 3.63) is 198 Å². The molecule has 1 nitrogen and oxygen atoms in total. The summed E-state index contributed by atoms with van der Waals surface area (Å²) in [6.45, 7) is 0. The van der Waals surface area contributed by atoms with Crippen molar-refractivity contribution in [1.82, 2.24) is 4.98 Å². The molecule has 0 bridgehead atoms. The van der Waals surface area contributed by atoms with E-state index < -0.39 is 5.41 Å². The third-order valence-corrected chi connectivity index (χ3v) is 9.58. The molecule has 0 saturated carbocycles. The summed E-state index contributed by atoms with van der Waals surface area (Å²) in [4.78, 5) is 4.82. The van der Waals surface area contributed by atoms with Gasteiger partial charge in [-0.3, -0.25) is 4.98 Å². The minimum atomic E-state index is -0.414. The minimum Gasteiger partial charge on any atom is -0.256 e. The number of fused-ring (bicyclic) bond motifs is 6. The Labute approximate surface area is 263 Å². The van der Waals surface area contributed by atoms with E-state index in [2.05, 4.69) is 164 Å². The number of pyridine rings is 1. The van der Waals surface area contributed by atoms with E-state index >= 15 is 0 Å². The first-order valence-corrected chi connectivity index (χ1v) is 15.6. The molecule has 210 valence electrons. The fourth-order valence-electron chi connectivity index (χ4n) is 7.74. The lowest BCUT2D eigenvalue weighted by Gasteiger charge is -2.34. The molecule has 0 spiro atoms.